The summed E-state index contributed by atoms with van der Waals surface area (Å²) in [5.41, 5.74) is 3.75. The first kappa shape index (κ1) is 18.0. The number of hydrogen-bond donors (Lipinski definition) is 2. The van der Waals surface area contributed by atoms with E-state index in [1.54, 1.807) is 24.3 Å². The van der Waals surface area contributed by atoms with Gasteiger partial charge >= 0.3 is 5.97 Å². The number of carboxylic acids is 1. The number of carboxylic acid groups (broad SMARTS) is 1. The number of carbonyl (C=O) groups is 2. The minimum atomic E-state index is -0.947. The number of benzene rings is 2. The molecule has 5 heteroatoms. The topological polar surface area (TPSA) is 79.5 Å². The second kappa shape index (κ2) is 6.37. The molecule has 2 aromatic carbocycles. The van der Waals surface area contributed by atoms with Gasteiger partial charge in [-0.05, 0) is 23.3 Å². The van der Waals surface area contributed by atoms with Crippen molar-refractivity contribution < 1.29 is 19.8 Å². The number of phenols is 1. The monoisotopic (exact) mass is 375 g/mol. The van der Waals surface area contributed by atoms with E-state index in [4.69, 9.17) is 0 Å². The third-order valence-corrected chi connectivity index (χ3v) is 5.29. The van der Waals surface area contributed by atoms with Gasteiger partial charge in [0.25, 0.3) is 0 Å². The molecule has 142 valence electrons. The molecule has 0 saturated carbocycles. The Kier molecular flexibility index (Phi) is 4.11. The van der Waals surface area contributed by atoms with E-state index in [2.05, 4.69) is 0 Å². The van der Waals surface area contributed by atoms with Crippen molar-refractivity contribution in [3.05, 3.63) is 66.0 Å². The number of Topliss-reactive ketones (excluding diaryl/α,β-unsaturated/α-hetero) is 1. The van der Waals surface area contributed by atoms with Crippen molar-refractivity contribution in [2.75, 3.05) is 0 Å². The summed E-state index contributed by atoms with van der Waals surface area (Å²) < 4.78 is 1.88. The molecule has 5 nitrogen and oxygen atoms in total. The van der Waals surface area contributed by atoms with Gasteiger partial charge in [-0.1, -0.05) is 56.3 Å². The summed E-state index contributed by atoms with van der Waals surface area (Å²) in [5, 5.41) is 19.2. The van der Waals surface area contributed by atoms with E-state index in [-0.39, 0.29) is 18.0 Å². The summed E-state index contributed by atoms with van der Waals surface area (Å²) in [6.07, 6.45) is -0.181. The summed E-state index contributed by atoms with van der Waals surface area (Å²) in [6, 6.07) is 16.2. The van der Waals surface area contributed by atoms with E-state index in [0.717, 1.165) is 22.3 Å². The molecule has 0 unspecified atom stereocenters. The van der Waals surface area contributed by atoms with Gasteiger partial charge in [-0.25, -0.2) is 0 Å². The van der Waals surface area contributed by atoms with Gasteiger partial charge in [0.15, 0.2) is 5.78 Å². The summed E-state index contributed by atoms with van der Waals surface area (Å²) in [7, 11) is 0. The molecule has 2 N–H and O–H groups in total. The number of ketones is 1. The van der Waals surface area contributed by atoms with E-state index < -0.39 is 11.4 Å². The molecule has 4 rings (SSSR count). The van der Waals surface area contributed by atoms with Crippen LogP contribution in [0.25, 0.3) is 22.3 Å². The first-order valence-electron chi connectivity index (χ1n) is 9.16. The number of rotatable bonds is 4. The predicted molar refractivity (Wildman–Crippen MR) is 106 cm³/mol. The highest BCUT2D eigenvalue weighted by molar-refractivity contribution is 6.10. The number of nitrogens with zero attached hydrogens (tertiary/aromatic N) is 1. The molecular formula is C23H21NO4. The third-order valence-electron chi connectivity index (χ3n) is 5.29. The van der Waals surface area contributed by atoms with Crippen molar-refractivity contribution in [3.63, 3.8) is 0 Å². The van der Waals surface area contributed by atoms with E-state index >= 15 is 0 Å². The molecular weight excluding hydrogens is 354 g/mol. The van der Waals surface area contributed by atoms with E-state index in [1.165, 1.54) is 0 Å². The zero-order valence-electron chi connectivity index (χ0n) is 15.8. The standard InChI is InChI=1S/C23H21NO4/c1-23(2)13-24-17(12-18(26)27)19(15-8-10-16(25)11-9-15)20(21(24)22(23)28)14-6-4-3-5-7-14/h3-11,25H,12-13H2,1-2H3,(H,26,27). The number of aromatic hydroxyl groups is 1. The van der Waals surface area contributed by atoms with Gasteiger partial charge in [0, 0.05) is 28.8 Å². The molecule has 0 saturated heterocycles. The molecule has 1 aromatic heterocycles. The van der Waals surface area contributed by atoms with E-state index in [1.807, 2.05) is 48.7 Å². The molecule has 0 aliphatic carbocycles. The Morgan fingerprint density at radius 3 is 2.21 bits per heavy atom. The summed E-state index contributed by atoms with van der Waals surface area (Å²) in [5.74, 6) is -0.797. The maximum absolute atomic E-state index is 13.2. The fraction of sp³-hybridized carbons (Fsp3) is 0.217. The van der Waals surface area contributed by atoms with Crippen LogP contribution in [-0.2, 0) is 17.8 Å². The first-order valence-corrected chi connectivity index (χ1v) is 9.16. The molecule has 1 aliphatic rings. The van der Waals surface area contributed by atoms with Crippen molar-refractivity contribution in [3.8, 4) is 28.0 Å². The van der Waals surface area contributed by atoms with Crippen LogP contribution in [0.1, 0.15) is 30.0 Å². The molecule has 3 aromatic rings. The van der Waals surface area contributed by atoms with Crippen LogP contribution in [-0.4, -0.2) is 26.5 Å². The van der Waals surface area contributed by atoms with Gasteiger partial charge < -0.3 is 14.8 Å². The molecule has 0 amide bonds. The van der Waals surface area contributed by atoms with Crippen LogP contribution in [0.2, 0.25) is 0 Å². The lowest BCUT2D eigenvalue weighted by atomic mass is 9.85. The summed E-state index contributed by atoms with van der Waals surface area (Å²) in [4.78, 5) is 24.9. The van der Waals surface area contributed by atoms with Crippen LogP contribution in [0.3, 0.4) is 0 Å². The van der Waals surface area contributed by atoms with Gasteiger partial charge in [0.05, 0.1) is 12.1 Å². The minimum Gasteiger partial charge on any atom is -0.508 e. The van der Waals surface area contributed by atoms with E-state index in [9.17, 15) is 19.8 Å². The average Bonchev–Trinajstić information content (AvgIpc) is 3.07. The highest BCUT2D eigenvalue weighted by Gasteiger charge is 2.43. The lowest BCUT2D eigenvalue weighted by Crippen LogP contribution is -2.21. The van der Waals surface area contributed by atoms with Crippen molar-refractivity contribution in [1.82, 2.24) is 4.57 Å². The summed E-state index contributed by atoms with van der Waals surface area (Å²) in [6.45, 7) is 4.23. The predicted octanol–water partition coefficient (Wildman–Crippen LogP) is 4.38. The van der Waals surface area contributed by atoms with Crippen LogP contribution < -0.4 is 0 Å². The van der Waals surface area contributed by atoms with Gasteiger partial charge in [-0.3, -0.25) is 9.59 Å². The number of aromatic nitrogens is 1. The Bertz CT molecular complexity index is 1080. The molecule has 2 heterocycles. The Morgan fingerprint density at radius 1 is 1.00 bits per heavy atom. The maximum Gasteiger partial charge on any atom is 0.309 e. The minimum absolute atomic E-state index is 0.0167. The molecule has 0 bridgehead atoms. The van der Waals surface area contributed by atoms with Crippen LogP contribution in [0.4, 0.5) is 0 Å². The quantitative estimate of drug-likeness (QED) is 0.709. The maximum atomic E-state index is 13.2. The Balaban J connectivity index is 2.09. The van der Waals surface area contributed by atoms with Gasteiger partial charge in [0.2, 0.25) is 0 Å². The first-order chi connectivity index (χ1) is 13.3. The largest absolute Gasteiger partial charge is 0.508 e. The van der Waals surface area contributed by atoms with Crippen LogP contribution in [0, 0.1) is 5.41 Å². The second-order valence-corrected chi connectivity index (χ2v) is 7.83. The number of hydrogen-bond acceptors (Lipinski definition) is 3. The van der Waals surface area contributed by atoms with Crippen molar-refractivity contribution in [1.29, 1.82) is 0 Å². The zero-order chi connectivity index (χ0) is 20.1. The van der Waals surface area contributed by atoms with Crippen molar-refractivity contribution in [2.24, 2.45) is 5.41 Å². The average molecular weight is 375 g/mol. The normalized spacial score (nSPS) is 14.9. The molecule has 1 aliphatic heterocycles. The highest BCUT2D eigenvalue weighted by Crippen LogP contribution is 2.47. The van der Waals surface area contributed by atoms with Crippen molar-refractivity contribution >= 4 is 11.8 Å². The molecule has 0 fully saturated rings. The smallest absolute Gasteiger partial charge is 0.309 e. The third kappa shape index (κ3) is 2.80. The number of fused-ring (bicyclic) bond motifs is 1. The number of carbonyl (C=O) groups excluding carboxylic acids is 1. The van der Waals surface area contributed by atoms with Crippen LogP contribution >= 0.6 is 0 Å². The summed E-state index contributed by atoms with van der Waals surface area (Å²) >= 11 is 0. The van der Waals surface area contributed by atoms with Gasteiger partial charge in [-0.15, -0.1) is 0 Å². The molecule has 0 spiro atoms. The molecule has 0 radical (unpaired) electrons. The number of phenolic OH excluding ortho intramolecular Hbond substituents is 1. The fourth-order valence-electron chi connectivity index (χ4n) is 4.02. The van der Waals surface area contributed by atoms with Gasteiger partial charge in [0.1, 0.15) is 5.75 Å². The second-order valence-electron chi connectivity index (χ2n) is 7.83. The van der Waals surface area contributed by atoms with Crippen molar-refractivity contribution in [2.45, 2.75) is 26.8 Å². The molecule has 28 heavy (non-hydrogen) atoms. The SMILES string of the molecule is CC1(C)Cn2c(CC(=O)O)c(-c3ccc(O)cc3)c(-c3ccccc3)c2C1=O. The van der Waals surface area contributed by atoms with Crippen LogP contribution in [0.5, 0.6) is 5.75 Å². The lowest BCUT2D eigenvalue weighted by Gasteiger charge is -2.17. The lowest BCUT2D eigenvalue weighted by molar-refractivity contribution is -0.136. The van der Waals surface area contributed by atoms with E-state index in [0.29, 0.717) is 17.9 Å². The molecule has 0 atom stereocenters. The van der Waals surface area contributed by atoms with Gasteiger partial charge in [-0.2, -0.15) is 0 Å². The zero-order valence-corrected chi connectivity index (χ0v) is 15.8. The number of aliphatic carboxylic acids is 1. The Hall–Kier alpha value is -3.34. The van der Waals surface area contributed by atoms with Crippen LogP contribution in [0.15, 0.2) is 54.6 Å². The highest BCUT2D eigenvalue weighted by atomic mass is 16.4. The fourth-order valence-corrected chi connectivity index (χ4v) is 4.02. The Labute approximate surface area is 162 Å². The Morgan fingerprint density at radius 2 is 1.61 bits per heavy atom.